The van der Waals surface area contributed by atoms with E-state index in [2.05, 4.69) is 325 Å². The maximum Gasteiger partial charge on any atom is 0.0540 e. The molecule has 0 aliphatic carbocycles. The zero-order chi connectivity index (χ0) is 54.8. The van der Waals surface area contributed by atoms with Crippen LogP contribution in [0.2, 0.25) is 0 Å². The van der Waals surface area contributed by atoms with Gasteiger partial charge in [-0.2, -0.15) is 0 Å². The molecule has 0 amide bonds. The normalized spacial score (nSPS) is 11.6. The van der Waals surface area contributed by atoms with Crippen LogP contribution in [-0.2, 0) is 0 Å². The molecule has 0 fully saturated rings. The first-order chi connectivity index (χ1) is 41.2. The molecule has 83 heavy (non-hydrogen) atoms. The van der Waals surface area contributed by atoms with Crippen molar-refractivity contribution in [1.82, 2.24) is 0 Å². The smallest absolute Gasteiger partial charge is 0.0540 e. The first kappa shape index (κ1) is 48.3. The third-order valence-electron chi connectivity index (χ3n) is 16.8. The molecule has 15 aromatic carbocycles. The van der Waals surface area contributed by atoms with Crippen molar-refractivity contribution in [3.05, 3.63) is 315 Å². The van der Waals surface area contributed by atoms with Gasteiger partial charge in [-0.1, -0.05) is 231 Å². The van der Waals surface area contributed by atoms with Crippen LogP contribution in [0, 0.1) is 0 Å². The second kappa shape index (κ2) is 20.2. The van der Waals surface area contributed by atoms with Gasteiger partial charge in [0.25, 0.3) is 0 Å². The predicted octanol–water partition coefficient (Wildman–Crippen LogP) is 23.4. The van der Waals surface area contributed by atoms with Gasteiger partial charge in [0.15, 0.2) is 0 Å². The van der Waals surface area contributed by atoms with Gasteiger partial charge in [0, 0.05) is 53.7 Å². The Balaban J connectivity index is 0.768. The monoisotopic (exact) mass is 1070 g/mol. The number of hydrogen-bond acceptors (Lipinski definition) is 3. The van der Waals surface area contributed by atoms with Crippen LogP contribution in [0.15, 0.2) is 315 Å². The first-order valence-corrected chi connectivity index (χ1v) is 29.3. The lowest BCUT2D eigenvalue weighted by Gasteiger charge is -2.28. The van der Waals surface area contributed by atoms with Crippen molar-refractivity contribution in [3.8, 4) is 44.5 Å². The van der Waals surface area contributed by atoms with Crippen LogP contribution < -0.4 is 9.80 Å². The maximum absolute atomic E-state index is 2.44. The Bertz CT molecular complexity index is 5140. The zero-order valence-corrected chi connectivity index (χ0v) is 46.1. The Kier molecular flexibility index (Phi) is 11.8. The third kappa shape index (κ3) is 8.40. The summed E-state index contributed by atoms with van der Waals surface area (Å²) >= 11 is 1.89. The SMILES string of the molecule is c1ccc(N(c2ccc(-c3ccc(N(c4ccccc4)c4ccc(-c5ccc6c7ccccc7c7ccc(-c8cccc(-c9cccc%10c9sc9ccccc9%10)c8)cc7c6c5)c5ccccc45)cc3)cc2)c2cccc3ccccc23)cc1. The Morgan fingerprint density at radius 2 is 0.639 bits per heavy atom. The standard InChI is InChI=1S/C80H52N2S/c1-3-22-60(23-4-1)81(77-34-16-19-55-18-7-8-26-65(55)77)62-42-36-53(37-43-62)54-38-44-63(45-39-54)82(61-24-5-2-6-25-61)78-49-48-64(67-27-11-12-30-72(67)78)59-41-47-71-69-29-10-9-28-68(69)70-46-40-57(51-75(70)76(71)52-59)56-20-15-21-58(50-56)66-32-17-33-74-73-31-13-14-35-79(73)83-80(66)74/h1-52H. The fourth-order valence-electron chi connectivity index (χ4n) is 12.9. The zero-order valence-electron chi connectivity index (χ0n) is 45.3. The summed E-state index contributed by atoms with van der Waals surface area (Å²) in [7, 11) is 0. The van der Waals surface area contributed by atoms with E-state index >= 15 is 0 Å². The number of fused-ring (bicyclic) bond motifs is 11. The maximum atomic E-state index is 2.44. The van der Waals surface area contributed by atoms with Crippen LogP contribution in [0.4, 0.5) is 34.1 Å². The van der Waals surface area contributed by atoms with Gasteiger partial charge in [0.1, 0.15) is 0 Å². The summed E-state index contributed by atoms with van der Waals surface area (Å²) in [5.41, 5.74) is 16.3. The fourth-order valence-corrected chi connectivity index (χ4v) is 14.1. The highest BCUT2D eigenvalue weighted by atomic mass is 32.1. The van der Waals surface area contributed by atoms with Gasteiger partial charge in [-0.3, -0.25) is 0 Å². The minimum Gasteiger partial charge on any atom is -0.310 e. The van der Waals surface area contributed by atoms with Crippen molar-refractivity contribution in [2.24, 2.45) is 0 Å². The highest BCUT2D eigenvalue weighted by Crippen LogP contribution is 2.47. The Labute approximate surface area is 486 Å². The first-order valence-electron chi connectivity index (χ1n) is 28.5. The number of benzene rings is 15. The van der Waals surface area contributed by atoms with E-state index in [-0.39, 0.29) is 0 Å². The molecule has 0 saturated heterocycles. The van der Waals surface area contributed by atoms with Gasteiger partial charge in [-0.05, 0) is 173 Å². The highest BCUT2D eigenvalue weighted by molar-refractivity contribution is 7.26. The lowest BCUT2D eigenvalue weighted by Crippen LogP contribution is -2.10. The molecule has 0 saturated carbocycles. The summed E-state index contributed by atoms with van der Waals surface area (Å²) in [6.45, 7) is 0. The van der Waals surface area contributed by atoms with Crippen LogP contribution in [0.3, 0.4) is 0 Å². The van der Waals surface area contributed by atoms with Crippen molar-refractivity contribution in [2.45, 2.75) is 0 Å². The van der Waals surface area contributed by atoms with Crippen LogP contribution in [0.5, 0.6) is 0 Å². The summed E-state index contributed by atoms with van der Waals surface area (Å²) in [5, 5.41) is 15.0. The topological polar surface area (TPSA) is 6.48 Å². The van der Waals surface area contributed by atoms with E-state index in [1.54, 1.807) is 0 Å². The number of thiophene rings is 1. The van der Waals surface area contributed by atoms with Crippen molar-refractivity contribution in [3.63, 3.8) is 0 Å². The van der Waals surface area contributed by atoms with E-state index < -0.39 is 0 Å². The Morgan fingerprint density at radius 1 is 0.205 bits per heavy atom. The van der Waals surface area contributed by atoms with Crippen LogP contribution in [-0.4, -0.2) is 0 Å². The minimum absolute atomic E-state index is 1.09. The Morgan fingerprint density at radius 3 is 1.31 bits per heavy atom. The molecule has 0 atom stereocenters. The highest BCUT2D eigenvalue weighted by Gasteiger charge is 2.21. The lowest BCUT2D eigenvalue weighted by atomic mass is 9.89. The largest absolute Gasteiger partial charge is 0.310 e. The summed E-state index contributed by atoms with van der Waals surface area (Å²) < 4.78 is 2.65. The molecule has 2 nitrogen and oxygen atoms in total. The molecule has 1 aromatic heterocycles. The molecule has 0 aliphatic heterocycles. The third-order valence-corrected chi connectivity index (χ3v) is 18.0. The molecule has 0 spiro atoms. The van der Waals surface area contributed by atoms with Crippen LogP contribution in [0.25, 0.3) is 119 Å². The molecular weight excluding hydrogens is 1020 g/mol. The van der Waals surface area contributed by atoms with Gasteiger partial charge < -0.3 is 9.80 Å². The van der Waals surface area contributed by atoms with E-state index in [9.17, 15) is 0 Å². The number of hydrogen-bond donors (Lipinski definition) is 0. The Hall–Kier alpha value is -10.6. The van der Waals surface area contributed by atoms with Crippen molar-refractivity contribution in [2.75, 3.05) is 9.80 Å². The second-order valence-electron chi connectivity index (χ2n) is 21.5. The fraction of sp³-hybridized carbons (Fsp3) is 0. The molecule has 16 aromatic rings. The summed E-state index contributed by atoms with van der Waals surface area (Å²) in [6.07, 6.45) is 0. The predicted molar refractivity (Wildman–Crippen MR) is 358 cm³/mol. The molecule has 0 bridgehead atoms. The molecule has 3 heteroatoms. The number of anilines is 6. The van der Waals surface area contributed by atoms with Gasteiger partial charge >= 0.3 is 0 Å². The van der Waals surface area contributed by atoms with Gasteiger partial charge in [-0.15, -0.1) is 11.3 Å². The van der Waals surface area contributed by atoms with Crippen molar-refractivity contribution in [1.29, 1.82) is 0 Å². The van der Waals surface area contributed by atoms with Gasteiger partial charge in [0.2, 0.25) is 0 Å². The van der Waals surface area contributed by atoms with E-state index in [1.807, 2.05) is 11.3 Å². The van der Waals surface area contributed by atoms with Crippen molar-refractivity contribution < 1.29 is 0 Å². The van der Waals surface area contributed by atoms with E-state index in [4.69, 9.17) is 0 Å². The lowest BCUT2D eigenvalue weighted by molar-refractivity contribution is 1.29. The van der Waals surface area contributed by atoms with Crippen LogP contribution in [0.1, 0.15) is 0 Å². The number of rotatable bonds is 10. The molecule has 16 rings (SSSR count). The molecule has 0 N–H and O–H groups in total. The van der Waals surface area contributed by atoms with Crippen LogP contribution >= 0.6 is 11.3 Å². The summed E-state index contributed by atoms with van der Waals surface area (Å²) in [4.78, 5) is 4.76. The van der Waals surface area contributed by atoms with E-state index in [0.29, 0.717) is 0 Å². The quantitative estimate of drug-likeness (QED) is 0.126. The summed E-state index contributed by atoms with van der Waals surface area (Å²) in [6, 6.07) is 116. The van der Waals surface area contributed by atoms with E-state index in [0.717, 1.165) is 45.3 Å². The molecule has 1 heterocycles. The average Bonchev–Trinajstić information content (AvgIpc) is 3.29. The average molecular weight is 1070 g/mol. The molecule has 0 radical (unpaired) electrons. The molecular formula is C80H52N2S. The number of para-hydroxylation sites is 2. The molecule has 0 aliphatic rings. The van der Waals surface area contributed by atoms with Gasteiger partial charge in [0.05, 0.1) is 11.4 Å². The molecule has 388 valence electrons. The van der Waals surface area contributed by atoms with Crippen molar-refractivity contribution >= 4 is 119 Å². The minimum atomic E-state index is 1.09. The second-order valence-corrected chi connectivity index (χ2v) is 22.6. The molecule has 0 unspecified atom stereocenters. The van der Waals surface area contributed by atoms with E-state index in [1.165, 1.54) is 107 Å². The van der Waals surface area contributed by atoms with Gasteiger partial charge in [-0.25, -0.2) is 0 Å². The number of nitrogens with zero attached hydrogens (tertiary/aromatic N) is 2. The summed E-state index contributed by atoms with van der Waals surface area (Å²) in [5.74, 6) is 0.